The van der Waals surface area contributed by atoms with E-state index in [0.717, 1.165) is 42.1 Å². The van der Waals surface area contributed by atoms with Crippen LogP contribution in [0.15, 0.2) is 48.8 Å². The first-order chi connectivity index (χ1) is 15.5. The van der Waals surface area contributed by atoms with E-state index in [0.29, 0.717) is 22.9 Å². The van der Waals surface area contributed by atoms with Crippen molar-refractivity contribution in [2.75, 3.05) is 0 Å². The van der Waals surface area contributed by atoms with E-state index in [2.05, 4.69) is 20.6 Å². The van der Waals surface area contributed by atoms with Crippen molar-refractivity contribution in [3.63, 3.8) is 0 Å². The Morgan fingerprint density at radius 1 is 1.00 bits per heavy atom. The van der Waals surface area contributed by atoms with Gasteiger partial charge in [0.1, 0.15) is 11.4 Å². The number of hydrogen-bond donors (Lipinski definition) is 2. The number of ether oxygens (including phenoxy) is 1. The number of fused-ring (bicyclic) bond motifs is 2. The zero-order valence-electron chi connectivity index (χ0n) is 17.4. The van der Waals surface area contributed by atoms with Crippen LogP contribution in [-0.4, -0.2) is 40.0 Å². The fourth-order valence-electron chi connectivity index (χ4n) is 4.38. The lowest BCUT2D eigenvalue weighted by Gasteiger charge is -2.30. The van der Waals surface area contributed by atoms with Crippen LogP contribution in [0.25, 0.3) is 10.9 Å². The summed E-state index contributed by atoms with van der Waals surface area (Å²) in [5.41, 5.74) is 2.14. The molecular formula is C24H23ClN4O3. The second kappa shape index (κ2) is 8.74. The standard InChI is InChI=1S/C24H23ClN4O3/c25-16-2-8-19-14(11-16)1-7-20(29-19)23(30)27-17-3-5-18(6-4-17)28-24(31)21-12-15-9-10-26-13-22(15)32-21/h1-2,7-11,13,17-18,21H,3-6,12H2,(H,27,30)(H,28,31). The zero-order valence-corrected chi connectivity index (χ0v) is 18.1. The van der Waals surface area contributed by atoms with Gasteiger partial charge in [-0.1, -0.05) is 17.7 Å². The summed E-state index contributed by atoms with van der Waals surface area (Å²) in [6.45, 7) is 0. The van der Waals surface area contributed by atoms with Gasteiger partial charge < -0.3 is 15.4 Å². The summed E-state index contributed by atoms with van der Waals surface area (Å²) in [6, 6.07) is 11.0. The molecule has 2 amide bonds. The third-order valence-corrected chi connectivity index (χ3v) is 6.36. The van der Waals surface area contributed by atoms with Gasteiger partial charge in [-0.05, 0) is 56.0 Å². The van der Waals surface area contributed by atoms with Crippen LogP contribution in [0.1, 0.15) is 41.7 Å². The number of carbonyl (C=O) groups excluding carboxylic acids is 2. The molecule has 1 saturated carbocycles. The van der Waals surface area contributed by atoms with Crippen molar-refractivity contribution in [2.24, 2.45) is 0 Å². The van der Waals surface area contributed by atoms with Gasteiger partial charge in [-0.25, -0.2) is 4.98 Å². The Bertz CT molecular complexity index is 1150. The molecule has 1 aliphatic heterocycles. The van der Waals surface area contributed by atoms with Crippen LogP contribution in [0.3, 0.4) is 0 Å². The van der Waals surface area contributed by atoms with Gasteiger partial charge in [-0.15, -0.1) is 0 Å². The highest BCUT2D eigenvalue weighted by atomic mass is 35.5. The van der Waals surface area contributed by atoms with E-state index in [4.69, 9.17) is 16.3 Å². The first kappa shape index (κ1) is 20.7. The van der Waals surface area contributed by atoms with Crippen LogP contribution >= 0.6 is 11.6 Å². The molecule has 1 aliphatic carbocycles. The average molecular weight is 451 g/mol. The molecule has 2 aliphatic rings. The molecule has 1 aromatic carbocycles. The SMILES string of the molecule is O=C(NC1CCC(NC(=O)C2Cc3ccncc3O2)CC1)c1ccc2cc(Cl)ccc2n1. The minimum atomic E-state index is -0.500. The molecule has 3 aromatic rings. The van der Waals surface area contributed by atoms with Crippen molar-refractivity contribution in [2.45, 2.75) is 50.3 Å². The Hall–Kier alpha value is -3.19. The van der Waals surface area contributed by atoms with Gasteiger partial charge >= 0.3 is 0 Å². The number of pyridine rings is 2. The number of rotatable bonds is 4. The highest BCUT2D eigenvalue weighted by molar-refractivity contribution is 6.31. The quantitative estimate of drug-likeness (QED) is 0.635. The molecule has 1 atom stereocenters. The van der Waals surface area contributed by atoms with Crippen LogP contribution in [-0.2, 0) is 11.2 Å². The topological polar surface area (TPSA) is 93.2 Å². The number of nitrogens with zero attached hydrogens (tertiary/aromatic N) is 2. The van der Waals surface area contributed by atoms with Crippen molar-refractivity contribution in [1.82, 2.24) is 20.6 Å². The van der Waals surface area contributed by atoms with Gasteiger partial charge in [0.25, 0.3) is 11.8 Å². The second-order valence-corrected chi connectivity index (χ2v) is 8.79. The van der Waals surface area contributed by atoms with Gasteiger partial charge in [0, 0.05) is 40.7 Å². The molecule has 0 bridgehead atoms. The number of benzene rings is 1. The maximum atomic E-state index is 12.7. The summed E-state index contributed by atoms with van der Waals surface area (Å²) >= 11 is 6.01. The van der Waals surface area contributed by atoms with Gasteiger partial charge in [-0.3, -0.25) is 14.6 Å². The smallest absolute Gasteiger partial charge is 0.270 e. The number of aromatic nitrogens is 2. The highest BCUT2D eigenvalue weighted by Crippen LogP contribution is 2.28. The molecule has 3 heterocycles. The van der Waals surface area contributed by atoms with E-state index < -0.39 is 6.10 Å². The van der Waals surface area contributed by atoms with Gasteiger partial charge in [0.15, 0.2) is 6.10 Å². The predicted molar refractivity (Wildman–Crippen MR) is 121 cm³/mol. The van der Waals surface area contributed by atoms with Crippen molar-refractivity contribution < 1.29 is 14.3 Å². The fraction of sp³-hybridized carbons (Fsp3) is 0.333. The number of amides is 2. The first-order valence-electron chi connectivity index (χ1n) is 10.8. The van der Waals surface area contributed by atoms with Gasteiger partial charge in [0.2, 0.25) is 0 Å². The Morgan fingerprint density at radius 2 is 1.78 bits per heavy atom. The van der Waals surface area contributed by atoms with E-state index in [-0.39, 0.29) is 23.9 Å². The molecule has 32 heavy (non-hydrogen) atoms. The van der Waals surface area contributed by atoms with Crippen LogP contribution in [0, 0.1) is 0 Å². The van der Waals surface area contributed by atoms with Crippen LogP contribution in [0.2, 0.25) is 5.02 Å². The third kappa shape index (κ3) is 4.39. The maximum Gasteiger partial charge on any atom is 0.270 e. The zero-order chi connectivity index (χ0) is 22.1. The summed E-state index contributed by atoms with van der Waals surface area (Å²) in [5, 5.41) is 7.73. The Morgan fingerprint density at radius 3 is 2.56 bits per heavy atom. The van der Waals surface area contributed by atoms with Crippen molar-refractivity contribution in [1.29, 1.82) is 0 Å². The van der Waals surface area contributed by atoms with Gasteiger partial charge in [0.05, 0.1) is 11.7 Å². The molecule has 2 aromatic heterocycles. The van der Waals surface area contributed by atoms with E-state index in [1.807, 2.05) is 24.3 Å². The largest absolute Gasteiger partial charge is 0.478 e. The first-order valence-corrected chi connectivity index (χ1v) is 11.2. The molecule has 2 N–H and O–H groups in total. The van der Waals surface area contributed by atoms with Gasteiger partial charge in [-0.2, -0.15) is 0 Å². The van der Waals surface area contributed by atoms with Crippen LogP contribution in [0.4, 0.5) is 0 Å². The third-order valence-electron chi connectivity index (χ3n) is 6.13. The predicted octanol–water partition coefficient (Wildman–Crippen LogP) is 3.44. The summed E-state index contributed by atoms with van der Waals surface area (Å²) in [4.78, 5) is 33.8. The average Bonchev–Trinajstić information content (AvgIpc) is 3.24. The van der Waals surface area contributed by atoms with Crippen LogP contribution < -0.4 is 15.4 Å². The molecule has 1 fully saturated rings. The van der Waals surface area contributed by atoms with Crippen LogP contribution in [0.5, 0.6) is 5.75 Å². The molecule has 1 unspecified atom stereocenters. The lowest BCUT2D eigenvalue weighted by atomic mass is 9.91. The Balaban J connectivity index is 1.11. The summed E-state index contributed by atoms with van der Waals surface area (Å²) < 4.78 is 5.72. The Labute approximate surface area is 190 Å². The lowest BCUT2D eigenvalue weighted by Crippen LogP contribution is -2.47. The summed E-state index contributed by atoms with van der Waals surface area (Å²) in [6.07, 6.45) is 6.64. The van der Waals surface area contributed by atoms with E-state index in [1.165, 1.54) is 0 Å². The number of carbonyl (C=O) groups is 2. The summed E-state index contributed by atoms with van der Waals surface area (Å²) in [7, 11) is 0. The Kier molecular flexibility index (Phi) is 5.66. The second-order valence-electron chi connectivity index (χ2n) is 8.36. The van der Waals surface area contributed by atoms with Crippen molar-refractivity contribution in [3.8, 4) is 5.75 Å². The monoisotopic (exact) mass is 450 g/mol. The molecule has 5 rings (SSSR count). The minimum absolute atomic E-state index is 0.0661. The maximum absolute atomic E-state index is 12.7. The minimum Gasteiger partial charge on any atom is -0.478 e. The van der Waals surface area contributed by atoms with E-state index >= 15 is 0 Å². The number of hydrogen-bond acceptors (Lipinski definition) is 5. The summed E-state index contributed by atoms with van der Waals surface area (Å²) in [5.74, 6) is 0.415. The fourth-order valence-corrected chi connectivity index (χ4v) is 4.56. The number of halogens is 1. The molecule has 0 saturated heterocycles. The molecule has 0 spiro atoms. The molecule has 8 heteroatoms. The molecular weight excluding hydrogens is 428 g/mol. The lowest BCUT2D eigenvalue weighted by molar-refractivity contribution is -0.128. The number of nitrogens with one attached hydrogen (secondary N) is 2. The molecule has 164 valence electrons. The van der Waals surface area contributed by atoms with Crippen molar-refractivity contribution in [3.05, 3.63) is 65.1 Å². The van der Waals surface area contributed by atoms with E-state index in [1.54, 1.807) is 24.5 Å². The normalized spacial score (nSPS) is 22.1. The van der Waals surface area contributed by atoms with E-state index in [9.17, 15) is 9.59 Å². The van der Waals surface area contributed by atoms with Crippen molar-refractivity contribution >= 4 is 34.3 Å². The highest BCUT2D eigenvalue weighted by Gasteiger charge is 2.31. The molecule has 0 radical (unpaired) electrons. The molecule has 7 nitrogen and oxygen atoms in total.